The van der Waals surface area contributed by atoms with Crippen LogP contribution in [0.5, 0.6) is 11.5 Å². The van der Waals surface area contributed by atoms with Crippen LogP contribution < -0.4 is 9.47 Å². The Morgan fingerprint density at radius 3 is 2.52 bits per heavy atom. The standard InChI is InChI=1S/C17H18O4/c1-11-4-5-12(2)15(8-11)21-10-13-6-7-14(17(18)19)16(9-13)20-3/h4-9H,10H2,1-3H3,(H,18,19). The zero-order chi connectivity index (χ0) is 15.4. The fraction of sp³-hybridized carbons (Fsp3) is 0.235. The van der Waals surface area contributed by atoms with Gasteiger partial charge >= 0.3 is 5.97 Å². The summed E-state index contributed by atoms with van der Waals surface area (Å²) in [6, 6.07) is 11.0. The van der Waals surface area contributed by atoms with Gasteiger partial charge in [0.15, 0.2) is 0 Å². The lowest BCUT2D eigenvalue weighted by Gasteiger charge is -2.11. The summed E-state index contributed by atoms with van der Waals surface area (Å²) < 4.78 is 10.9. The first-order valence-corrected chi connectivity index (χ1v) is 6.61. The molecular formula is C17H18O4. The van der Waals surface area contributed by atoms with Crippen LogP contribution in [0.15, 0.2) is 36.4 Å². The van der Waals surface area contributed by atoms with E-state index in [1.807, 2.05) is 32.0 Å². The van der Waals surface area contributed by atoms with Crippen molar-refractivity contribution in [3.63, 3.8) is 0 Å². The summed E-state index contributed by atoms with van der Waals surface area (Å²) in [5.74, 6) is 0.162. The van der Waals surface area contributed by atoms with E-state index in [2.05, 4.69) is 0 Å². The number of carboxylic acids is 1. The quantitative estimate of drug-likeness (QED) is 0.912. The summed E-state index contributed by atoms with van der Waals surface area (Å²) in [6.07, 6.45) is 0. The SMILES string of the molecule is COc1cc(COc2cc(C)ccc2C)ccc1C(=O)O. The van der Waals surface area contributed by atoms with Crippen LogP contribution in [0.1, 0.15) is 27.0 Å². The molecule has 0 aliphatic carbocycles. The number of methoxy groups -OCH3 is 1. The third-order valence-corrected chi connectivity index (χ3v) is 3.23. The third kappa shape index (κ3) is 3.54. The Balaban J connectivity index is 2.17. The Morgan fingerprint density at radius 1 is 1.10 bits per heavy atom. The van der Waals surface area contributed by atoms with Gasteiger partial charge in [-0.3, -0.25) is 0 Å². The van der Waals surface area contributed by atoms with Gasteiger partial charge in [0.1, 0.15) is 23.7 Å². The van der Waals surface area contributed by atoms with Crippen LogP contribution in [-0.4, -0.2) is 18.2 Å². The molecule has 0 bridgehead atoms. The normalized spacial score (nSPS) is 10.2. The zero-order valence-electron chi connectivity index (χ0n) is 12.3. The second kappa shape index (κ2) is 6.31. The van der Waals surface area contributed by atoms with Crippen LogP contribution in [0.25, 0.3) is 0 Å². The Hall–Kier alpha value is -2.49. The summed E-state index contributed by atoms with van der Waals surface area (Å²) in [7, 11) is 1.46. The molecule has 0 aliphatic heterocycles. The lowest BCUT2D eigenvalue weighted by molar-refractivity contribution is 0.0693. The molecule has 0 aromatic heterocycles. The summed E-state index contributed by atoms with van der Waals surface area (Å²) in [4.78, 5) is 11.0. The first kappa shape index (κ1) is 14.9. The van der Waals surface area contributed by atoms with E-state index < -0.39 is 5.97 Å². The van der Waals surface area contributed by atoms with E-state index in [-0.39, 0.29) is 5.56 Å². The highest BCUT2D eigenvalue weighted by Gasteiger charge is 2.11. The smallest absolute Gasteiger partial charge is 0.339 e. The highest BCUT2D eigenvalue weighted by atomic mass is 16.5. The van der Waals surface area contributed by atoms with Gasteiger partial charge in [0, 0.05) is 0 Å². The average Bonchev–Trinajstić information content (AvgIpc) is 2.47. The third-order valence-electron chi connectivity index (χ3n) is 3.23. The lowest BCUT2D eigenvalue weighted by atomic mass is 10.1. The largest absolute Gasteiger partial charge is 0.496 e. The number of aromatic carboxylic acids is 1. The maximum Gasteiger partial charge on any atom is 0.339 e. The van der Waals surface area contributed by atoms with Gasteiger partial charge < -0.3 is 14.6 Å². The molecule has 4 nitrogen and oxygen atoms in total. The molecule has 21 heavy (non-hydrogen) atoms. The molecule has 2 aromatic rings. The van der Waals surface area contributed by atoms with Crippen molar-refractivity contribution < 1.29 is 19.4 Å². The van der Waals surface area contributed by atoms with E-state index in [9.17, 15) is 4.79 Å². The number of aryl methyl sites for hydroxylation is 2. The van der Waals surface area contributed by atoms with Crippen LogP contribution in [-0.2, 0) is 6.61 Å². The molecule has 0 saturated carbocycles. The second-order valence-corrected chi connectivity index (χ2v) is 4.90. The van der Waals surface area contributed by atoms with E-state index in [1.54, 1.807) is 12.1 Å². The Labute approximate surface area is 123 Å². The lowest BCUT2D eigenvalue weighted by Crippen LogP contribution is -2.03. The minimum absolute atomic E-state index is 0.146. The van der Waals surface area contributed by atoms with Crippen molar-refractivity contribution >= 4 is 5.97 Å². The number of carboxylic acid groups (broad SMARTS) is 1. The Kier molecular flexibility index (Phi) is 4.48. The second-order valence-electron chi connectivity index (χ2n) is 4.90. The van der Waals surface area contributed by atoms with Gasteiger partial charge in [0.05, 0.1) is 7.11 Å². The van der Waals surface area contributed by atoms with Crippen LogP contribution in [0.2, 0.25) is 0 Å². The Morgan fingerprint density at radius 2 is 1.86 bits per heavy atom. The molecule has 0 unspecified atom stereocenters. The minimum atomic E-state index is -1.01. The molecule has 0 spiro atoms. The zero-order valence-corrected chi connectivity index (χ0v) is 12.3. The van der Waals surface area contributed by atoms with Crippen molar-refractivity contribution in [2.24, 2.45) is 0 Å². The fourth-order valence-corrected chi connectivity index (χ4v) is 2.03. The van der Waals surface area contributed by atoms with E-state index >= 15 is 0 Å². The van der Waals surface area contributed by atoms with Gasteiger partial charge in [-0.15, -0.1) is 0 Å². The molecule has 2 aromatic carbocycles. The summed E-state index contributed by atoms with van der Waals surface area (Å²) >= 11 is 0. The number of carbonyl (C=O) groups is 1. The molecule has 4 heteroatoms. The molecule has 1 N–H and O–H groups in total. The van der Waals surface area contributed by atoms with E-state index in [0.29, 0.717) is 12.4 Å². The number of hydrogen-bond acceptors (Lipinski definition) is 3. The molecule has 110 valence electrons. The molecule has 0 saturated heterocycles. The molecule has 0 radical (unpaired) electrons. The first-order valence-electron chi connectivity index (χ1n) is 6.61. The highest BCUT2D eigenvalue weighted by Crippen LogP contribution is 2.23. The van der Waals surface area contributed by atoms with Crippen molar-refractivity contribution in [2.45, 2.75) is 20.5 Å². The number of benzene rings is 2. The molecule has 0 heterocycles. The average molecular weight is 286 g/mol. The predicted molar refractivity (Wildman–Crippen MR) is 80.2 cm³/mol. The Bertz CT molecular complexity index is 662. The monoisotopic (exact) mass is 286 g/mol. The molecular weight excluding hydrogens is 268 g/mol. The van der Waals surface area contributed by atoms with Gasteiger partial charge in [-0.25, -0.2) is 4.79 Å². The summed E-state index contributed by atoms with van der Waals surface area (Å²) in [5, 5.41) is 9.05. The predicted octanol–water partition coefficient (Wildman–Crippen LogP) is 3.59. The number of rotatable bonds is 5. The van der Waals surface area contributed by atoms with Crippen molar-refractivity contribution in [3.8, 4) is 11.5 Å². The van der Waals surface area contributed by atoms with Crippen molar-refractivity contribution in [1.29, 1.82) is 0 Å². The van der Waals surface area contributed by atoms with Crippen molar-refractivity contribution in [3.05, 3.63) is 58.7 Å². The van der Waals surface area contributed by atoms with Crippen LogP contribution >= 0.6 is 0 Å². The molecule has 2 rings (SSSR count). The van der Waals surface area contributed by atoms with E-state index in [0.717, 1.165) is 22.4 Å². The van der Waals surface area contributed by atoms with Gasteiger partial charge in [-0.1, -0.05) is 18.2 Å². The highest BCUT2D eigenvalue weighted by molar-refractivity contribution is 5.90. The maximum absolute atomic E-state index is 11.0. The molecule has 0 atom stereocenters. The molecule has 0 fully saturated rings. The molecule has 0 amide bonds. The van der Waals surface area contributed by atoms with Crippen LogP contribution in [0.3, 0.4) is 0 Å². The fourth-order valence-electron chi connectivity index (χ4n) is 2.03. The first-order chi connectivity index (χ1) is 10.0. The van der Waals surface area contributed by atoms with Gasteiger partial charge in [-0.05, 0) is 48.7 Å². The summed E-state index contributed by atoms with van der Waals surface area (Å²) in [5.41, 5.74) is 3.20. The molecule has 0 aliphatic rings. The summed E-state index contributed by atoms with van der Waals surface area (Å²) in [6.45, 7) is 4.36. The number of hydrogen-bond donors (Lipinski definition) is 1. The van der Waals surface area contributed by atoms with Gasteiger partial charge in [0.2, 0.25) is 0 Å². The topological polar surface area (TPSA) is 55.8 Å². The number of ether oxygens (including phenoxy) is 2. The minimum Gasteiger partial charge on any atom is -0.496 e. The van der Waals surface area contributed by atoms with E-state index in [4.69, 9.17) is 14.6 Å². The van der Waals surface area contributed by atoms with Crippen LogP contribution in [0.4, 0.5) is 0 Å². The van der Waals surface area contributed by atoms with Gasteiger partial charge in [0.25, 0.3) is 0 Å². The van der Waals surface area contributed by atoms with Crippen molar-refractivity contribution in [1.82, 2.24) is 0 Å². The van der Waals surface area contributed by atoms with Crippen molar-refractivity contribution in [2.75, 3.05) is 7.11 Å². The van der Waals surface area contributed by atoms with Crippen LogP contribution in [0, 0.1) is 13.8 Å². The maximum atomic E-state index is 11.0. The van der Waals surface area contributed by atoms with Gasteiger partial charge in [-0.2, -0.15) is 0 Å². The van der Waals surface area contributed by atoms with E-state index in [1.165, 1.54) is 13.2 Å².